The topological polar surface area (TPSA) is 89.0 Å². The number of amides is 1. The maximum Gasteiger partial charge on any atom is 0.295 e. The molecule has 1 amide bonds. The van der Waals surface area contributed by atoms with Crippen LogP contribution in [0.5, 0.6) is 5.75 Å². The first-order valence-electron chi connectivity index (χ1n) is 11.0. The number of ether oxygens (including phenoxy) is 2. The van der Waals surface area contributed by atoms with Gasteiger partial charge in [0.05, 0.1) is 11.6 Å². The molecule has 1 N–H and O–H groups in total. The Morgan fingerprint density at radius 1 is 1.03 bits per heavy atom. The van der Waals surface area contributed by atoms with Crippen molar-refractivity contribution in [2.24, 2.45) is 0 Å². The summed E-state index contributed by atoms with van der Waals surface area (Å²) >= 11 is 0. The summed E-state index contributed by atoms with van der Waals surface area (Å²) in [5.41, 5.74) is 2.17. The third-order valence-electron chi connectivity index (χ3n) is 5.66. The van der Waals surface area contributed by atoms with Gasteiger partial charge in [-0.25, -0.2) is 0 Å². The number of rotatable bonds is 9. The Kier molecular flexibility index (Phi) is 7.34. The van der Waals surface area contributed by atoms with E-state index in [1.165, 1.54) is 4.90 Å². The minimum atomic E-state index is -0.723. The first kappa shape index (κ1) is 23.2. The van der Waals surface area contributed by atoms with E-state index in [9.17, 15) is 14.7 Å². The summed E-state index contributed by atoms with van der Waals surface area (Å²) < 4.78 is 10.9. The molecule has 34 heavy (non-hydrogen) atoms. The van der Waals surface area contributed by atoms with Crippen LogP contribution in [0, 0.1) is 0 Å². The van der Waals surface area contributed by atoms with E-state index in [1.54, 1.807) is 55.9 Å². The Labute approximate surface area is 198 Å². The lowest BCUT2D eigenvalue weighted by atomic mass is 9.96. The van der Waals surface area contributed by atoms with E-state index in [2.05, 4.69) is 4.98 Å². The van der Waals surface area contributed by atoms with Crippen molar-refractivity contribution in [3.8, 4) is 5.75 Å². The molecule has 0 spiro atoms. The molecule has 1 aliphatic rings. The van der Waals surface area contributed by atoms with Crippen molar-refractivity contribution in [1.82, 2.24) is 9.88 Å². The van der Waals surface area contributed by atoms with Crippen molar-refractivity contribution in [1.29, 1.82) is 0 Å². The van der Waals surface area contributed by atoms with Gasteiger partial charge < -0.3 is 19.5 Å². The number of ketones is 1. The number of nitrogens with zero attached hydrogens (tertiary/aromatic N) is 2. The third-order valence-corrected chi connectivity index (χ3v) is 5.66. The fraction of sp³-hybridized carbons (Fsp3) is 0.222. The predicted molar refractivity (Wildman–Crippen MR) is 127 cm³/mol. The quantitative estimate of drug-likeness (QED) is 0.225. The van der Waals surface area contributed by atoms with Crippen LogP contribution in [0.2, 0.25) is 0 Å². The number of likely N-dealkylation sites (tertiary alicyclic amines) is 1. The lowest BCUT2D eigenvalue weighted by Crippen LogP contribution is -2.31. The van der Waals surface area contributed by atoms with E-state index in [0.29, 0.717) is 43.1 Å². The molecule has 0 bridgehead atoms. The number of hydrogen-bond donors (Lipinski definition) is 1. The predicted octanol–water partition coefficient (Wildman–Crippen LogP) is 4.12. The minimum Gasteiger partial charge on any atom is -0.507 e. The van der Waals surface area contributed by atoms with Crippen molar-refractivity contribution in [2.75, 3.05) is 20.3 Å². The fourth-order valence-electron chi connectivity index (χ4n) is 3.98. The highest BCUT2D eigenvalue weighted by atomic mass is 16.5. The first-order chi connectivity index (χ1) is 16.6. The molecule has 1 atom stereocenters. The van der Waals surface area contributed by atoms with Gasteiger partial charge in [-0.2, -0.15) is 0 Å². The summed E-state index contributed by atoms with van der Waals surface area (Å²) in [6.07, 6.45) is 3.79. The molecule has 0 aliphatic carbocycles. The van der Waals surface area contributed by atoms with Crippen LogP contribution in [0.1, 0.15) is 29.2 Å². The van der Waals surface area contributed by atoms with E-state index in [1.807, 2.05) is 30.3 Å². The molecule has 1 fully saturated rings. The SMILES string of the molecule is COCCCN1C(=O)C(=O)/C(=C(/O)c2ccc(OCc3ccccc3)cc2)[C@@H]1c1cccnc1. The summed E-state index contributed by atoms with van der Waals surface area (Å²) in [6, 6.07) is 19.4. The summed E-state index contributed by atoms with van der Waals surface area (Å²) in [4.78, 5) is 31.5. The summed E-state index contributed by atoms with van der Waals surface area (Å²) in [5.74, 6) is -0.956. The molecule has 7 nitrogen and oxygen atoms in total. The molecule has 1 aliphatic heterocycles. The summed E-state index contributed by atoms with van der Waals surface area (Å²) in [6.45, 7) is 1.19. The number of carbonyl (C=O) groups excluding carboxylic acids is 2. The molecule has 7 heteroatoms. The Balaban J connectivity index is 1.62. The zero-order valence-corrected chi connectivity index (χ0v) is 18.9. The Bertz CT molecular complexity index is 1160. The van der Waals surface area contributed by atoms with Crippen LogP contribution in [-0.4, -0.2) is 46.9 Å². The molecular formula is C27H26N2O5. The van der Waals surface area contributed by atoms with Crippen molar-refractivity contribution in [3.05, 3.63) is 101 Å². The Morgan fingerprint density at radius 2 is 1.79 bits per heavy atom. The lowest BCUT2D eigenvalue weighted by Gasteiger charge is -2.25. The first-order valence-corrected chi connectivity index (χ1v) is 11.0. The molecule has 174 valence electrons. The largest absolute Gasteiger partial charge is 0.507 e. The molecular weight excluding hydrogens is 432 g/mol. The smallest absolute Gasteiger partial charge is 0.295 e. The second kappa shape index (κ2) is 10.8. The summed E-state index contributed by atoms with van der Waals surface area (Å²) in [7, 11) is 1.58. The van der Waals surface area contributed by atoms with Gasteiger partial charge in [-0.3, -0.25) is 14.6 Å². The van der Waals surface area contributed by atoms with E-state index >= 15 is 0 Å². The van der Waals surface area contributed by atoms with Gasteiger partial charge in [0.15, 0.2) is 0 Å². The van der Waals surface area contributed by atoms with Crippen LogP contribution in [0.4, 0.5) is 0 Å². The maximum absolute atomic E-state index is 13.0. The number of Topliss-reactive ketones (excluding diaryl/α,β-unsaturated/α-hetero) is 1. The number of carbonyl (C=O) groups is 2. The van der Waals surface area contributed by atoms with Crippen LogP contribution >= 0.6 is 0 Å². The van der Waals surface area contributed by atoms with Gasteiger partial charge in [0.2, 0.25) is 0 Å². The van der Waals surface area contributed by atoms with Gasteiger partial charge in [-0.15, -0.1) is 0 Å². The molecule has 0 radical (unpaired) electrons. The van der Waals surface area contributed by atoms with Gasteiger partial charge in [0.25, 0.3) is 11.7 Å². The highest BCUT2D eigenvalue weighted by Gasteiger charge is 2.45. The van der Waals surface area contributed by atoms with Crippen molar-refractivity contribution in [2.45, 2.75) is 19.1 Å². The van der Waals surface area contributed by atoms with Crippen molar-refractivity contribution in [3.63, 3.8) is 0 Å². The molecule has 2 heterocycles. The number of methoxy groups -OCH3 is 1. The Morgan fingerprint density at radius 3 is 2.47 bits per heavy atom. The number of benzene rings is 2. The second-order valence-corrected chi connectivity index (χ2v) is 7.92. The highest BCUT2D eigenvalue weighted by Crippen LogP contribution is 2.39. The van der Waals surface area contributed by atoms with Crippen molar-refractivity contribution < 1.29 is 24.2 Å². The minimum absolute atomic E-state index is 0.0494. The molecule has 3 aromatic rings. The van der Waals surface area contributed by atoms with E-state index < -0.39 is 17.7 Å². The maximum atomic E-state index is 13.0. The number of aliphatic hydroxyl groups excluding tert-OH is 1. The molecule has 1 aromatic heterocycles. The normalized spacial score (nSPS) is 17.2. The zero-order valence-electron chi connectivity index (χ0n) is 18.9. The van der Waals surface area contributed by atoms with E-state index in [0.717, 1.165) is 5.56 Å². The third kappa shape index (κ3) is 5.00. The van der Waals surface area contributed by atoms with Crippen LogP contribution in [0.3, 0.4) is 0 Å². The molecule has 0 unspecified atom stereocenters. The number of aliphatic hydroxyl groups is 1. The molecule has 4 rings (SSSR count). The van der Waals surface area contributed by atoms with Gasteiger partial charge in [-0.1, -0.05) is 36.4 Å². The van der Waals surface area contributed by atoms with Crippen molar-refractivity contribution >= 4 is 17.4 Å². The fourth-order valence-corrected chi connectivity index (χ4v) is 3.98. The monoisotopic (exact) mass is 458 g/mol. The summed E-state index contributed by atoms with van der Waals surface area (Å²) in [5, 5.41) is 11.1. The standard InChI is InChI=1S/C27H26N2O5/c1-33-16-6-15-29-24(21-9-5-14-28-17-21)23(26(31)27(29)32)25(30)20-10-12-22(13-11-20)34-18-19-7-3-2-4-8-19/h2-5,7-14,17,24,30H,6,15-16,18H2,1H3/b25-23+/t24-/m0/s1. The van der Waals surface area contributed by atoms with Gasteiger partial charge in [-0.05, 0) is 47.9 Å². The van der Waals surface area contributed by atoms with Crippen LogP contribution < -0.4 is 4.74 Å². The second-order valence-electron chi connectivity index (χ2n) is 7.92. The van der Waals surface area contributed by atoms with Gasteiger partial charge in [0.1, 0.15) is 18.1 Å². The van der Waals surface area contributed by atoms with Crippen LogP contribution in [0.15, 0.2) is 84.7 Å². The van der Waals surface area contributed by atoms with Gasteiger partial charge in [0, 0.05) is 38.2 Å². The average molecular weight is 459 g/mol. The van der Waals surface area contributed by atoms with Crippen LogP contribution in [-0.2, 0) is 20.9 Å². The molecule has 2 aromatic carbocycles. The van der Waals surface area contributed by atoms with Crippen LogP contribution in [0.25, 0.3) is 5.76 Å². The average Bonchev–Trinajstić information content (AvgIpc) is 3.14. The van der Waals surface area contributed by atoms with E-state index in [-0.39, 0.29) is 11.3 Å². The number of pyridine rings is 1. The Hall–Kier alpha value is -3.97. The van der Waals surface area contributed by atoms with E-state index in [4.69, 9.17) is 9.47 Å². The number of aromatic nitrogens is 1. The lowest BCUT2D eigenvalue weighted by molar-refractivity contribution is -0.140. The molecule has 1 saturated heterocycles. The highest BCUT2D eigenvalue weighted by molar-refractivity contribution is 6.46. The zero-order chi connectivity index (χ0) is 23.9. The van der Waals surface area contributed by atoms with Gasteiger partial charge >= 0.3 is 0 Å². The molecule has 0 saturated carbocycles. The number of hydrogen-bond acceptors (Lipinski definition) is 6.